The first-order valence-corrected chi connectivity index (χ1v) is 12.4. The van der Waals surface area contributed by atoms with Gasteiger partial charge in [-0.2, -0.15) is 13.5 Å². The van der Waals surface area contributed by atoms with Gasteiger partial charge in [0.05, 0.1) is 16.1 Å². The van der Waals surface area contributed by atoms with Gasteiger partial charge < -0.3 is 15.1 Å². The van der Waals surface area contributed by atoms with Gasteiger partial charge in [-0.1, -0.05) is 56.3 Å². The normalized spacial score (nSPS) is 16.8. The lowest BCUT2D eigenvalue weighted by Gasteiger charge is -2.18. The molecule has 0 amide bonds. The third-order valence-corrected chi connectivity index (χ3v) is 7.45. The molecule has 1 heterocycles. The summed E-state index contributed by atoms with van der Waals surface area (Å²) in [6.07, 6.45) is 2.49. The Labute approximate surface area is 223 Å². The molecule has 200 valence electrons. The number of carbonyl (C=O) groups is 1. The zero-order valence-electron chi connectivity index (χ0n) is 20.9. The van der Waals surface area contributed by atoms with E-state index in [0.29, 0.717) is 22.3 Å². The van der Waals surface area contributed by atoms with Gasteiger partial charge in [0.15, 0.2) is 17.8 Å². The van der Waals surface area contributed by atoms with E-state index in [9.17, 15) is 28.3 Å². The van der Waals surface area contributed by atoms with Crippen molar-refractivity contribution >= 4 is 23.1 Å². The maximum atomic E-state index is 14.9. The predicted octanol–water partition coefficient (Wildman–Crippen LogP) is 7.24. The summed E-state index contributed by atoms with van der Waals surface area (Å²) in [6.45, 7) is 4.47. The van der Waals surface area contributed by atoms with E-state index in [2.05, 4.69) is 25.2 Å². The highest BCUT2D eigenvalue weighted by molar-refractivity contribution is 6.31. The minimum absolute atomic E-state index is 0.0165. The van der Waals surface area contributed by atoms with Crippen LogP contribution in [0.1, 0.15) is 49.4 Å². The quantitative estimate of drug-likeness (QED) is 0.165. The standard InChI is InChI=1S/C29H27ClF3NO4/c1-16(35)18-6-4-17(5-7-18)12-24(36)21(13-20-14-29(20,2)3)23-10-8-19(15-34(23)37)26-25(38-28(32)33)11-9-22(30)27(26)31/h4-11,15,20-21,28,35H,1,12-14H2,2-3H3. The molecule has 0 spiro atoms. The summed E-state index contributed by atoms with van der Waals surface area (Å²) < 4.78 is 45.6. The Morgan fingerprint density at radius 2 is 1.87 bits per heavy atom. The lowest BCUT2D eigenvalue weighted by molar-refractivity contribution is -0.614. The van der Waals surface area contributed by atoms with Crippen molar-refractivity contribution in [2.45, 2.75) is 45.6 Å². The molecule has 5 nitrogen and oxygen atoms in total. The maximum Gasteiger partial charge on any atom is 0.387 e. The van der Waals surface area contributed by atoms with Gasteiger partial charge in [-0.05, 0) is 47.9 Å². The molecule has 3 aromatic rings. The topological polar surface area (TPSA) is 73.5 Å². The van der Waals surface area contributed by atoms with Crippen LogP contribution in [0.2, 0.25) is 5.02 Å². The number of hydrogen-bond donors (Lipinski definition) is 1. The van der Waals surface area contributed by atoms with E-state index in [1.165, 1.54) is 12.1 Å². The highest BCUT2D eigenvalue weighted by atomic mass is 35.5. The number of Topliss-reactive ketones (excluding diaryl/α,β-unsaturated/α-hetero) is 1. The average Bonchev–Trinajstić information content (AvgIpc) is 3.46. The molecule has 2 aromatic carbocycles. The van der Waals surface area contributed by atoms with Gasteiger partial charge in [0, 0.05) is 18.1 Å². The lowest BCUT2D eigenvalue weighted by atomic mass is 9.87. The summed E-state index contributed by atoms with van der Waals surface area (Å²) in [7, 11) is 0. The first kappa shape index (κ1) is 27.5. The van der Waals surface area contributed by atoms with Crippen molar-refractivity contribution in [3.05, 3.63) is 94.2 Å². The number of aliphatic hydroxyl groups is 1. The Balaban J connectivity index is 1.68. The van der Waals surface area contributed by atoms with Gasteiger partial charge in [0.1, 0.15) is 17.4 Å². The molecular weight excluding hydrogens is 519 g/mol. The number of carbonyl (C=O) groups excluding carboxylic acids is 1. The van der Waals surface area contributed by atoms with Crippen molar-refractivity contribution in [2.24, 2.45) is 11.3 Å². The van der Waals surface area contributed by atoms with E-state index >= 15 is 0 Å². The van der Waals surface area contributed by atoms with Crippen LogP contribution in [0.25, 0.3) is 16.9 Å². The second-order valence-corrected chi connectivity index (χ2v) is 10.7. The molecule has 2 unspecified atom stereocenters. The Morgan fingerprint density at radius 1 is 1.21 bits per heavy atom. The minimum atomic E-state index is -3.21. The van der Waals surface area contributed by atoms with Crippen LogP contribution in [0.5, 0.6) is 5.75 Å². The number of aliphatic hydroxyl groups excluding tert-OH is 1. The summed E-state index contributed by atoms with van der Waals surface area (Å²) in [6, 6.07) is 11.8. The number of ketones is 1. The van der Waals surface area contributed by atoms with E-state index in [0.717, 1.165) is 24.8 Å². The van der Waals surface area contributed by atoms with E-state index in [-0.39, 0.29) is 51.1 Å². The van der Waals surface area contributed by atoms with E-state index < -0.39 is 24.1 Å². The van der Waals surface area contributed by atoms with Crippen molar-refractivity contribution in [3.63, 3.8) is 0 Å². The molecule has 0 saturated heterocycles. The first-order chi connectivity index (χ1) is 17.9. The van der Waals surface area contributed by atoms with Gasteiger partial charge in [-0.25, -0.2) is 4.39 Å². The van der Waals surface area contributed by atoms with E-state index in [4.69, 9.17) is 11.6 Å². The molecular formula is C29H27ClF3NO4. The molecule has 1 saturated carbocycles. The molecule has 1 aliphatic carbocycles. The number of halogens is 4. The van der Waals surface area contributed by atoms with Gasteiger partial charge in [0.2, 0.25) is 5.69 Å². The lowest BCUT2D eigenvalue weighted by Crippen LogP contribution is -2.36. The molecule has 2 atom stereocenters. The van der Waals surface area contributed by atoms with E-state index in [1.807, 2.05) is 0 Å². The van der Waals surface area contributed by atoms with Gasteiger partial charge in [-0.3, -0.25) is 4.79 Å². The number of alkyl halides is 2. The number of benzene rings is 2. The second kappa shape index (κ2) is 10.7. The molecule has 1 aliphatic rings. The first-order valence-electron chi connectivity index (χ1n) is 12.0. The Bertz CT molecular complexity index is 1370. The number of aromatic nitrogens is 1. The molecule has 0 aliphatic heterocycles. The Hall–Kier alpha value is -3.52. The number of pyridine rings is 1. The Kier molecular flexibility index (Phi) is 7.74. The largest absolute Gasteiger partial charge is 0.618 e. The molecule has 0 radical (unpaired) electrons. The van der Waals surface area contributed by atoms with Crippen LogP contribution in [-0.2, 0) is 11.2 Å². The fraction of sp³-hybridized carbons (Fsp3) is 0.310. The van der Waals surface area contributed by atoms with Gasteiger partial charge >= 0.3 is 6.61 Å². The minimum Gasteiger partial charge on any atom is -0.618 e. The van der Waals surface area contributed by atoms with Crippen molar-refractivity contribution in [3.8, 4) is 16.9 Å². The smallest absolute Gasteiger partial charge is 0.387 e. The number of ether oxygens (including phenoxy) is 1. The van der Waals surface area contributed by atoms with Gasteiger partial charge in [0.25, 0.3) is 0 Å². The molecule has 4 rings (SSSR count). The number of hydrogen-bond acceptors (Lipinski definition) is 4. The van der Waals surface area contributed by atoms with Crippen LogP contribution in [0, 0.1) is 22.4 Å². The van der Waals surface area contributed by atoms with Crippen LogP contribution in [0.4, 0.5) is 13.2 Å². The average molecular weight is 546 g/mol. The van der Waals surface area contributed by atoms with Crippen molar-refractivity contribution in [1.82, 2.24) is 0 Å². The summed E-state index contributed by atoms with van der Waals surface area (Å²) in [5, 5.41) is 22.4. The molecule has 38 heavy (non-hydrogen) atoms. The van der Waals surface area contributed by atoms with Crippen molar-refractivity contribution < 1.29 is 32.5 Å². The Morgan fingerprint density at radius 3 is 2.42 bits per heavy atom. The number of nitrogens with zero attached hydrogens (tertiary/aromatic N) is 1. The summed E-state index contributed by atoms with van der Waals surface area (Å²) in [5.74, 6) is -2.21. The summed E-state index contributed by atoms with van der Waals surface area (Å²) in [4.78, 5) is 13.5. The highest BCUT2D eigenvalue weighted by Gasteiger charge is 2.48. The van der Waals surface area contributed by atoms with Crippen LogP contribution in [0.15, 0.2) is 61.3 Å². The molecule has 1 aromatic heterocycles. The zero-order valence-corrected chi connectivity index (χ0v) is 21.6. The van der Waals surface area contributed by atoms with E-state index in [1.54, 1.807) is 24.3 Å². The monoisotopic (exact) mass is 545 g/mol. The van der Waals surface area contributed by atoms with Crippen molar-refractivity contribution in [1.29, 1.82) is 0 Å². The van der Waals surface area contributed by atoms with Crippen LogP contribution in [-0.4, -0.2) is 17.5 Å². The highest BCUT2D eigenvalue weighted by Crippen LogP contribution is 2.55. The molecule has 1 fully saturated rings. The summed E-state index contributed by atoms with van der Waals surface area (Å²) >= 11 is 5.86. The van der Waals surface area contributed by atoms with Crippen LogP contribution < -0.4 is 9.47 Å². The SMILES string of the molecule is C=C(O)c1ccc(CC(=O)C(CC2CC2(C)C)c2ccc(-c3c(OC(F)F)ccc(Cl)c3F)c[n+]2[O-])cc1. The van der Waals surface area contributed by atoms with Crippen LogP contribution in [0.3, 0.4) is 0 Å². The van der Waals surface area contributed by atoms with Gasteiger partial charge in [-0.15, -0.1) is 0 Å². The number of rotatable bonds is 10. The zero-order chi connectivity index (χ0) is 27.8. The van der Waals surface area contributed by atoms with Crippen molar-refractivity contribution in [2.75, 3.05) is 0 Å². The third kappa shape index (κ3) is 5.96. The summed E-state index contributed by atoms with van der Waals surface area (Å²) in [5.41, 5.74) is 1.10. The molecule has 9 heteroatoms. The predicted molar refractivity (Wildman–Crippen MR) is 138 cm³/mol. The van der Waals surface area contributed by atoms with Crippen LogP contribution >= 0.6 is 11.6 Å². The third-order valence-electron chi connectivity index (χ3n) is 7.15. The molecule has 0 bridgehead atoms. The molecule has 1 N–H and O–H groups in total. The fourth-order valence-electron chi connectivity index (χ4n) is 4.73. The maximum absolute atomic E-state index is 14.9. The fourth-order valence-corrected chi connectivity index (χ4v) is 4.88. The second-order valence-electron chi connectivity index (χ2n) is 10.2.